The number of ether oxygens (including phenoxy) is 1. The predicted octanol–water partition coefficient (Wildman–Crippen LogP) is 4.09. The number of carbonyl (C=O) groups excluding carboxylic acids is 1. The third-order valence-electron chi connectivity index (χ3n) is 4.35. The van der Waals surface area contributed by atoms with Gasteiger partial charge in [-0.25, -0.2) is 9.59 Å². The number of carbonyl (C=O) groups is 2. The van der Waals surface area contributed by atoms with E-state index in [0.717, 1.165) is 0 Å². The first-order chi connectivity index (χ1) is 13.0. The van der Waals surface area contributed by atoms with E-state index in [9.17, 15) is 19.5 Å². The standard InChI is InChI=1S/C20H21ClN2O5/c1-20(2,3)28-19(27)22-15-6-4-12(21)10-14(15)11-8-13-5-7-16(18(25)26)23(13)17(24)9-11/h4,6,8-10,16H,5,7H2,1-3H3,(H,22,27)(H,25,26)/t16-/m0/s1. The predicted molar refractivity (Wildman–Crippen MR) is 106 cm³/mol. The van der Waals surface area contributed by atoms with Crippen molar-refractivity contribution in [3.05, 3.63) is 51.4 Å². The van der Waals surface area contributed by atoms with Gasteiger partial charge < -0.3 is 9.84 Å². The van der Waals surface area contributed by atoms with Gasteiger partial charge in [-0.05, 0) is 63.4 Å². The van der Waals surface area contributed by atoms with Crippen molar-refractivity contribution in [2.75, 3.05) is 5.32 Å². The number of nitrogens with one attached hydrogen (secondary N) is 1. The number of aryl methyl sites for hydroxylation is 1. The molecular weight excluding hydrogens is 384 g/mol. The number of hydrogen-bond acceptors (Lipinski definition) is 4. The summed E-state index contributed by atoms with van der Waals surface area (Å²) in [4.78, 5) is 36.1. The minimum Gasteiger partial charge on any atom is -0.480 e. The molecule has 0 aliphatic carbocycles. The lowest BCUT2D eigenvalue weighted by atomic mass is 10.0. The summed E-state index contributed by atoms with van der Waals surface area (Å²) in [6.07, 6.45) is 0.224. The van der Waals surface area contributed by atoms with Crippen molar-refractivity contribution in [2.24, 2.45) is 0 Å². The minimum atomic E-state index is -1.02. The number of nitrogens with zero attached hydrogens (tertiary/aromatic N) is 1. The molecule has 8 heteroatoms. The molecule has 28 heavy (non-hydrogen) atoms. The Hall–Kier alpha value is -2.80. The highest BCUT2D eigenvalue weighted by Gasteiger charge is 2.29. The molecule has 1 aliphatic rings. The van der Waals surface area contributed by atoms with Crippen LogP contribution in [-0.2, 0) is 16.0 Å². The molecule has 1 amide bonds. The van der Waals surface area contributed by atoms with Crippen LogP contribution in [0.5, 0.6) is 0 Å². The summed E-state index contributed by atoms with van der Waals surface area (Å²) >= 11 is 6.13. The summed E-state index contributed by atoms with van der Waals surface area (Å²) in [5.74, 6) is -1.02. The number of aliphatic carboxylic acids is 1. The third kappa shape index (κ3) is 4.20. The highest BCUT2D eigenvalue weighted by Crippen LogP contribution is 2.33. The minimum absolute atomic E-state index is 0.368. The summed E-state index contributed by atoms with van der Waals surface area (Å²) in [6, 6.07) is 7.16. The fourth-order valence-corrected chi connectivity index (χ4v) is 3.43. The molecule has 3 rings (SSSR count). The van der Waals surface area contributed by atoms with Gasteiger partial charge >= 0.3 is 12.1 Å². The average molecular weight is 405 g/mol. The van der Waals surface area contributed by atoms with Crippen LogP contribution in [0.4, 0.5) is 10.5 Å². The Bertz CT molecular complexity index is 1010. The lowest BCUT2D eigenvalue weighted by molar-refractivity contribution is -0.140. The summed E-state index contributed by atoms with van der Waals surface area (Å²) in [6.45, 7) is 5.28. The Kier molecular flexibility index (Phi) is 5.21. The smallest absolute Gasteiger partial charge is 0.412 e. The lowest BCUT2D eigenvalue weighted by Gasteiger charge is -2.20. The molecule has 1 aromatic carbocycles. The second kappa shape index (κ2) is 7.31. The van der Waals surface area contributed by atoms with E-state index in [1.165, 1.54) is 10.6 Å². The van der Waals surface area contributed by atoms with Gasteiger partial charge in [0.2, 0.25) is 0 Å². The lowest BCUT2D eigenvalue weighted by Crippen LogP contribution is -2.28. The van der Waals surface area contributed by atoms with E-state index in [4.69, 9.17) is 16.3 Å². The summed E-state index contributed by atoms with van der Waals surface area (Å²) in [7, 11) is 0. The molecule has 2 heterocycles. The fourth-order valence-electron chi connectivity index (χ4n) is 3.26. The second-order valence-corrected chi connectivity index (χ2v) is 8.09. The number of hydrogen-bond donors (Lipinski definition) is 2. The SMILES string of the molecule is CC(C)(C)OC(=O)Nc1ccc(Cl)cc1-c1cc2n(c(=O)c1)[C@H](C(=O)O)CC2. The zero-order valence-electron chi connectivity index (χ0n) is 15.8. The van der Waals surface area contributed by atoms with Crippen molar-refractivity contribution in [1.82, 2.24) is 4.57 Å². The Labute approximate surface area is 166 Å². The van der Waals surface area contributed by atoms with Crippen molar-refractivity contribution < 1.29 is 19.4 Å². The molecule has 2 aromatic rings. The molecule has 148 valence electrons. The van der Waals surface area contributed by atoms with Crippen molar-refractivity contribution >= 4 is 29.4 Å². The number of halogens is 1. The number of fused-ring (bicyclic) bond motifs is 1. The van der Waals surface area contributed by atoms with Gasteiger partial charge in [0.15, 0.2) is 0 Å². The summed E-state index contributed by atoms with van der Waals surface area (Å²) in [5, 5.41) is 12.4. The molecule has 0 radical (unpaired) electrons. The average Bonchev–Trinajstić information content (AvgIpc) is 2.99. The maximum absolute atomic E-state index is 12.6. The molecule has 0 unspecified atom stereocenters. The van der Waals surface area contributed by atoms with E-state index in [1.54, 1.807) is 45.0 Å². The van der Waals surface area contributed by atoms with Gasteiger partial charge in [0.05, 0.1) is 5.69 Å². The van der Waals surface area contributed by atoms with Gasteiger partial charge in [-0.1, -0.05) is 11.6 Å². The van der Waals surface area contributed by atoms with Crippen molar-refractivity contribution in [2.45, 2.75) is 45.3 Å². The first-order valence-electron chi connectivity index (χ1n) is 8.83. The fraction of sp³-hybridized carbons (Fsp3) is 0.350. The molecule has 1 aliphatic heterocycles. The summed E-state index contributed by atoms with van der Waals surface area (Å²) < 4.78 is 6.59. The van der Waals surface area contributed by atoms with Crippen LogP contribution in [0.15, 0.2) is 35.1 Å². The summed E-state index contributed by atoms with van der Waals surface area (Å²) in [5.41, 5.74) is 1.12. The number of anilines is 1. The van der Waals surface area contributed by atoms with E-state index in [2.05, 4.69) is 5.32 Å². The first-order valence-corrected chi connectivity index (χ1v) is 9.21. The highest BCUT2D eigenvalue weighted by atomic mass is 35.5. The zero-order valence-corrected chi connectivity index (χ0v) is 16.5. The van der Waals surface area contributed by atoms with Gasteiger partial charge in [-0.2, -0.15) is 0 Å². The van der Waals surface area contributed by atoms with E-state index >= 15 is 0 Å². The van der Waals surface area contributed by atoms with Gasteiger partial charge in [0, 0.05) is 22.3 Å². The zero-order chi connectivity index (χ0) is 20.6. The van der Waals surface area contributed by atoms with E-state index in [1.807, 2.05) is 0 Å². The Morgan fingerprint density at radius 2 is 1.96 bits per heavy atom. The monoisotopic (exact) mass is 404 g/mol. The van der Waals surface area contributed by atoms with Crippen LogP contribution >= 0.6 is 11.6 Å². The molecule has 0 saturated heterocycles. The van der Waals surface area contributed by atoms with Crippen LogP contribution in [0, 0.1) is 0 Å². The quantitative estimate of drug-likeness (QED) is 0.802. The Balaban J connectivity index is 2.02. The number of benzene rings is 1. The van der Waals surface area contributed by atoms with E-state index < -0.39 is 29.3 Å². The van der Waals surface area contributed by atoms with Crippen molar-refractivity contribution in [3.8, 4) is 11.1 Å². The van der Waals surface area contributed by atoms with Crippen LogP contribution in [0.2, 0.25) is 5.02 Å². The first kappa shape index (κ1) is 19.9. The molecule has 7 nitrogen and oxygen atoms in total. The topological polar surface area (TPSA) is 97.6 Å². The molecule has 0 fully saturated rings. The van der Waals surface area contributed by atoms with Gasteiger partial charge in [-0.3, -0.25) is 14.7 Å². The van der Waals surface area contributed by atoms with Crippen LogP contribution in [0.25, 0.3) is 11.1 Å². The van der Waals surface area contributed by atoms with Gasteiger partial charge in [-0.15, -0.1) is 0 Å². The number of carboxylic acid groups (broad SMARTS) is 1. The highest BCUT2D eigenvalue weighted by molar-refractivity contribution is 6.31. The molecule has 0 bridgehead atoms. The van der Waals surface area contributed by atoms with E-state index in [-0.39, 0.29) is 0 Å². The number of rotatable bonds is 3. The van der Waals surface area contributed by atoms with Gasteiger partial charge in [0.25, 0.3) is 5.56 Å². The Morgan fingerprint density at radius 1 is 1.25 bits per heavy atom. The molecule has 0 spiro atoms. The normalized spacial score (nSPS) is 15.8. The second-order valence-electron chi connectivity index (χ2n) is 7.65. The van der Waals surface area contributed by atoms with Crippen LogP contribution in [0.1, 0.15) is 38.9 Å². The molecule has 0 saturated carbocycles. The van der Waals surface area contributed by atoms with Gasteiger partial charge in [0.1, 0.15) is 11.6 Å². The number of carboxylic acids is 1. The van der Waals surface area contributed by atoms with E-state index in [0.29, 0.717) is 40.4 Å². The van der Waals surface area contributed by atoms with Crippen LogP contribution in [0.3, 0.4) is 0 Å². The maximum Gasteiger partial charge on any atom is 0.412 e. The molecule has 1 aromatic heterocycles. The van der Waals surface area contributed by atoms with Crippen LogP contribution < -0.4 is 10.9 Å². The van der Waals surface area contributed by atoms with Crippen molar-refractivity contribution in [1.29, 1.82) is 0 Å². The largest absolute Gasteiger partial charge is 0.480 e. The van der Waals surface area contributed by atoms with Crippen LogP contribution in [-0.4, -0.2) is 27.3 Å². The molecule has 2 N–H and O–H groups in total. The third-order valence-corrected chi connectivity index (χ3v) is 4.58. The number of aromatic nitrogens is 1. The maximum atomic E-state index is 12.6. The van der Waals surface area contributed by atoms with Crippen molar-refractivity contribution in [3.63, 3.8) is 0 Å². The Morgan fingerprint density at radius 3 is 2.61 bits per heavy atom. The molecule has 1 atom stereocenters. The molecular formula is C20H21ClN2O5. The number of pyridine rings is 1. The number of amides is 1.